The number of para-hydroxylation sites is 2. The van der Waals surface area contributed by atoms with Crippen LogP contribution in [0, 0.1) is 5.92 Å². The van der Waals surface area contributed by atoms with Crippen molar-refractivity contribution in [1.29, 1.82) is 0 Å². The van der Waals surface area contributed by atoms with Gasteiger partial charge >= 0.3 is 0 Å². The second-order valence-corrected chi connectivity index (χ2v) is 6.57. The van der Waals surface area contributed by atoms with Crippen LogP contribution in [0.1, 0.15) is 25.7 Å². The Morgan fingerprint density at radius 3 is 2.84 bits per heavy atom. The van der Waals surface area contributed by atoms with E-state index in [1.165, 1.54) is 6.42 Å². The van der Waals surface area contributed by atoms with Gasteiger partial charge in [0.2, 0.25) is 5.91 Å². The van der Waals surface area contributed by atoms with Crippen molar-refractivity contribution in [3.8, 4) is 5.75 Å². The van der Waals surface area contributed by atoms with Crippen LogP contribution in [0.25, 0.3) is 0 Å². The lowest BCUT2D eigenvalue weighted by Gasteiger charge is -2.21. The van der Waals surface area contributed by atoms with E-state index >= 15 is 0 Å². The SMILES string of the molecule is COc1ccccc1N1CCC(NC(=O)CCC2CCNC2)C1.Cl.Cl. The number of hydrogen-bond acceptors (Lipinski definition) is 4. The number of anilines is 1. The van der Waals surface area contributed by atoms with E-state index in [9.17, 15) is 4.79 Å². The number of halogens is 2. The first-order valence-electron chi connectivity index (χ1n) is 8.64. The third-order valence-corrected chi connectivity index (χ3v) is 4.92. The van der Waals surface area contributed by atoms with Gasteiger partial charge in [0.05, 0.1) is 12.8 Å². The zero-order valence-electron chi connectivity index (χ0n) is 14.7. The summed E-state index contributed by atoms with van der Waals surface area (Å²) in [7, 11) is 1.70. The minimum absolute atomic E-state index is 0. The first-order valence-corrected chi connectivity index (χ1v) is 8.64. The highest BCUT2D eigenvalue weighted by molar-refractivity contribution is 5.85. The van der Waals surface area contributed by atoms with E-state index in [2.05, 4.69) is 21.6 Å². The fraction of sp³-hybridized carbons (Fsp3) is 0.611. The summed E-state index contributed by atoms with van der Waals surface area (Å²) in [6.07, 6.45) is 3.85. The number of rotatable bonds is 6. The highest BCUT2D eigenvalue weighted by Crippen LogP contribution is 2.30. The molecule has 0 bridgehead atoms. The lowest BCUT2D eigenvalue weighted by molar-refractivity contribution is -0.121. The molecule has 142 valence electrons. The Kier molecular flexibility index (Phi) is 9.39. The monoisotopic (exact) mass is 389 g/mol. The highest BCUT2D eigenvalue weighted by atomic mass is 35.5. The van der Waals surface area contributed by atoms with Crippen LogP contribution in [0.4, 0.5) is 5.69 Å². The van der Waals surface area contributed by atoms with Crippen LogP contribution in [0.15, 0.2) is 24.3 Å². The molecule has 2 aliphatic rings. The van der Waals surface area contributed by atoms with E-state index in [0.29, 0.717) is 12.3 Å². The molecule has 2 N–H and O–H groups in total. The summed E-state index contributed by atoms with van der Waals surface area (Å²) in [5.41, 5.74) is 1.11. The molecule has 0 radical (unpaired) electrons. The van der Waals surface area contributed by atoms with Gasteiger partial charge in [0.1, 0.15) is 5.75 Å². The molecule has 0 aliphatic carbocycles. The molecular weight excluding hydrogens is 361 g/mol. The maximum absolute atomic E-state index is 12.1. The number of carbonyl (C=O) groups is 1. The molecule has 5 nitrogen and oxygen atoms in total. The van der Waals surface area contributed by atoms with Gasteiger partial charge in [-0.05, 0) is 50.4 Å². The molecule has 2 unspecified atom stereocenters. The summed E-state index contributed by atoms with van der Waals surface area (Å²) in [4.78, 5) is 14.4. The maximum Gasteiger partial charge on any atom is 0.220 e. The summed E-state index contributed by atoms with van der Waals surface area (Å²) in [5, 5.41) is 6.55. The number of carbonyl (C=O) groups excluding carboxylic acids is 1. The molecule has 7 heteroatoms. The van der Waals surface area contributed by atoms with Gasteiger partial charge in [0.15, 0.2) is 0 Å². The maximum atomic E-state index is 12.1. The molecule has 2 heterocycles. The second-order valence-electron chi connectivity index (χ2n) is 6.57. The Bertz CT molecular complexity index is 539. The van der Waals surface area contributed by atoms with Crippen molar-refractivity contribution < 1.29 is 9.53 Å². The van der Waals surface area contributed by atoms with Crippen molar-refractivity contribution in [2.75, 3.05) is 38.2 Å². The van der Waals surface area contributed by atoms with Gasteiger partial charge in [-0.3, -0.25) is 4.79 Å². The number of ether oxygens (including phenoxy) is 1. The fourth-order valence-corrected chi connectivity index (χ4v) is 3.58. The number of methoxy groups -OCH3 is 1. The topological polar surface area (TPSA) is 53.6 Å². The number of hydrogen-bond donors (Lipinski definition) is 2. The van der Waals surface area contributed by atoms with Gasteiger partial charge in [-0.2, -0.15) is 0 Å². The Morgan fingerprint density at radius 2 is 2.12 bits per heavy atom. The number of amides is 1. The van der Waals surface area contributed by atoms with Crippen molar-refractivity contribution in [2.24, 2.45) is 5.92 Å². The lowest BCUT2D eigenvalue weighted by Crippen LogP contribution is -2.37. The summed E-state index contributed by atoms with van der Waals surface area (Å²) in [6, 6.07) is 8.32. The van der Waals surface area contributed by atoms with E-state index in [1.807, 2.05) is 18.2 Å². The minimum Gasteiger partial charge on any atom is -0.495 e. The fourth-order valence-electron chi connectivity index (χ4n) is 3.58. The van der Waals surface area contributed by atoms with Crippen LogP contribution in [0.5, 0.6) is 5.75 Å². The summed E-state index contributed by atoms with van der Waals surface area (Å²) >= 11 is 0. The van der Waals surface area contributed by atoms with Gasteiger partial charge < -0.3 is 20.3 Å². The average molecular weight is 390 g/mol. The Labute approximate surface area is 162 Å². The number of benzene rings is 1. The zero-order chi connectivity index (χ0) is 16.1. The van der Waals surface area contributed by atoms with E-state index < -0.39 is 0 Å². The van der Waals surface area contributed by atoms with Gasteiger partial charge in [-0.15, -0.1) is 24.8 Å². The molecule has 2 fully saturated rings. The molecular formula is C18H29Cl2N3O2. The van der Waals surface area contributed by atoms with E-state index in [-0.39, 0.29) is 36.8 Å². The highest BCUT2D eigenvalue weighted by Gasteiger charge is 2.26. The third-order valence-electron chi connectivity index (χ3n) is 4.92. The van der Waals surface area contributed by atoms with Crippen LogP contribution < -0.4 is 20.3 Å². The quantitative estimate of drug-likeness (QED) is 0.784. The molecule has 1 amide bonds. The Morgan fingerprint density at radius 1 is 1.32 bits per heavy atom. The Hall–Kier alpha value is -1.17. The van der Waals surface area contributed by atoms with Gasteiger partial charge in [0, 0.05) is 25.6 Å². The third kappa shape index (κ3) is 5.94. The van der Waals surface area contributed by atoms with E-state index in [4.69, 9.17) is 4.74 Å². The van der Waals surface area contributed by atoms with Crippen LogP contribution in [0.3, 0.4) is 0 Å². The minimum atomic E-state index is 0. The smallest absolute Gasteiger partial charge is 0.220 e. The first-order chi connectivity index (χ1) is 11.3. The van der Waals surface area contributed by atoms with Gasteiger partial charge in [0.25, 0.3) is 0 Å². The number of nitrogens with zero attached hydrogens (tertiary/aromatic N) is 1. The molecule has 2 saturated heterocycles. The molecule has 0 aromatic heterocycles. The molecule has 2 aliphatic heterocycles. The summed E-state index contributed by atoms with van der Waals surface area (Å²) in [5.74, 6) is 1.77. The molecule has 0 saturated carbocycles. The Balaban J connectivity index is 0.00000156. The predicted octanol–water partition coefficient (Wildman–Crippen LogP) is 2.62. The second kappa shape index (κ2) is 10.7. The molecule has 1 aromatic carbocycles. The summed E-state index contributed by atoms with van der Waals surface area (Å²) in [6.45, 7) is 3.98. The van der Waals surface area contributed by atoms with Crippen LogP contribution in [-0.2, 0) is 4.79 Å². The van der Waals surface area contributed by atoms with Crippen molar-refractivity contribution >= 4 is 36.4 Å². The van der Waals surface area contributed by atoms with Crippen molar-refractivity contribution in [3.63, 3.8) is 0 Å². The molecule has 25 heavy (non-hydrogen) atoms. The normalized spacial score (nSPS) is 22.0. The van der Waals surface area contributed by atoms with Gasteiger partial charge in [-0.1, -0.05) is 12.1 Å². The van der Waals surface area contributed by atoms with E-state index in [1.54, 1.807) is 7.11 Å². The van der Waals surface area contributed by atoms with Crippen LogP contribution >= 0.6 is 24.8 Å². The predicted molar refractivity (Wildman–Crippen MR) is 106 cm³/mol. The molecule has 2 atom stereocenters. The standard InChI is InChI=1S/C18H27N3O2.2ClH/c1-23-17-5-3-2-4-16(17)21-11-9-15(13-21)20-18(22)7-6-14-8-10-19-12-14;;/h2-5,14-15,19H,6-13H2,1H3,(H,20,22);2*1H. The largest absolute Gasteiger partial charge is 0.495 e. The van der Waals surface area contributed by atoms with Crippen molar-refractivity contribution in [3.05, 3.63) is 24.3 Å². The zero-order valence-corrected chi connectivity index (χ0v) is 16.3. The van der Waals surface area contributed by atoms with Crippen molar-refractivity contribution in [2.45, 2.75) is 31.7 Å². The van der Waals surface area contributed by atoms with Crippen LogP contribution in [-0.4, -0.2) is 45.2 Å². The average Bonchev–Trinajstić information content (AvgIpc) is 3.24. The first kappa shape index (κ1) is 21.9. The number of nitrogens with one attached hydrogen (secondary N) is 2. The van der Waals surface area contributed by atoms with Crippen LogP contribution in [0.2, 0.25) is 0 Å². The lowest BCUT2D eigenvalue weighted by atomic mass is 10.0. The van der Waals surface area contributed by atoms with Gasteiger partial charge in [-0.25, -0.2) is 0 Å². The molecule has 3 rings (SSSR count). The van der Waals surface area contributed by atoms with E-state index in [0.717, 1.165) is 50.5 Å². The molecule has 1 aromatic rings. The van der Waals surface area contributed by atoms with Crippen molar-refractivity contribution in [1.82, 2.24) is 10.6 Å². The molecule has 0 spiro atoms. The summed E-state index contributed by atoms with van der Waals surface area (Å²) < 4.78 is 5.43.